The third-order valence-electron chi connectivity index (χ3n) is 4.59. The molecule has 126 valence electrons. The highest BCUT2D eigenvalue weighted by Gasteiger charge is 2.22. The number of nitrogens with one attached hydrogen (secondary N) is 1. The number of amides is 1. The number of aromatic amines is 1. The van der Waals surface area contributed by atoms with Crippen LogP contribution in [0.15, 0.2) is 54.7 Å². The van der Waals surface area contributed by atoms with Crippen LogP contribution >= 0.6 is 0 Å². The number of benzene rings is 2. The molecule has 3 aromatic rings. The molecular weight excluding hydrogens is 322 g/mol. The smallest absolute Gasteiger partial charge is 0.257 e. The second kappa shape index (κ2) is 6.16. The Morgan fingerprint density at radius 2 is 1.96 bits per heavy atom. The molecule has 1 amide bonds. The summed E-state index contributed by atoms with van der Waals surface area (Å²) < 4.78 is 26.8. The first-order valence-corrected chi connectivity index (χ1v) is 8.13. The topological polar surface area (TPSA) is 36.1 Å². The highest BCUT2D eigenvalue weighted by atomic mass is 19.1. The largest absolute Gasteiger partial charge is 0.361 e. The zero-order valence-electron chi connectivity index (χ0n) is 13.4. The first-order valence-electron chi connectivity index (χ1n) is 8.13. The molecule has 0 aliphatic carbocycles. The van der Waals surface area contributed by atoms with Gasteiger partial charge in [-0.25, -0.2) is 8.78 Å². The molecule has 0 spiro atoms. The summed E-state index contributed by atoms with van der Waals surface area (Å²) in [6.07, 6.45) is 4.67. The predicted octanol–water partition coefficient (Wildman–Crippen LogP) is 4.38. The van der Waals surface area contributed by atoms with Crippen LogP contribution in [0, 0.1) is 11.6 Å². The average Bonchev–Trinajstić information content (AvgIpc) is 3.05. The third kappa shape index (κ3) is 2.82. The van der Waals surface area contributed by atoms with E-state index in [0.717, 1.165) is 28.6 Å². The number of para-hydroxylation sites is 1. The van der Waals surface area contributed by atoms with Gasteiger partial charge in [0.05, 0.1) is 5.56 Å². The lowest BCUT2D eigenvalue weighted by Crippen LogP contribution is -2.35. The zero-order chi connectivity index (χ0) is 17.4. The summed E-state index contributed by atoms with van der Waals surface area (Å²) in [7, 11) is 0. The molecule has 3 nitrogen and oxygen atoms in total. The van der Waals surface area contributed by atoms with Gasteiger partial charge in [-0.05, 0) is 30.2 Å². The fourth-order valence-electron chi connectivity index (χ4n) is 3.27. The Labute approximate surface area is 143 Å². The van der Waals surface area contributed by atoms with Crippen molar-refractivity contribution in [3.05, 3.63) is 77.5 Å². The van der Waals surface area contributed by atoms with Gasteiger partial charge < -0.3 is 9.88 Å². The van der Waals surface area contributed by atoms with Gasteiger partial charge in [-0.2, -0.15) is 0 Å². The molecule has 25 heavy (non-hydrogen) atoms. The molecule has 0 atom stereocenters. The van der Waals surface area contributed by atoms with Crippen LogP contribution in [0.3, 0.4) is 0 Å². The molecular formula is C20H16F2N2O. The van der Waals surface area contributed by atoms with E-state index in [1.165, 1.54) is 11.6 Å². The number of hydrogen-bond donors (Lipinski definition) is 1. The number of carbonyl (C=O) groups excluding carboxylic acids is 1. The summed E-state index contributed by atoms with van der Waals surface area (Å²) in [5, 5.41) is 1.15. The van der Waals surface area contributed by atoms with E-state index in [1.807, 2.05) is 30.5 Å². The van der Waals surface area contributed by atoms with Crippen LogP contribution in [0.25, 0.3) is 16.5 Å². The van der Waals surface area contributed by atoms with E-state index in [1.54, 1.807) is 4.90 Å². The van der Waals surface area contributed by atoms with Crippen molar-refractivity contribution < 1.29 is 13.6 Å². The summed E-state index contributed by atoms with van der Waals surface area (Å²) >= 11 is 0. The molecule has 2 aromatic carbocycles. The molecule has 2 heterocycles. The fourth-order valence-corrected chi connectivity index (χ4v) is 3.27. The van der Waals surface area contributed by atoms with E-state index in [9.17, 15) is 13.6 Å². The molecule has 4 rings (SSSR count). The second-order valence-corrected chi connectivity index (χ2v) is 6.10. The van der Waals surface area contributed by atoms with Crippen LogP contribution < -0.4 is 0 Å². The molecule has 1 aliphatic heterocycles. The van der Waals surface area contributed by atoms with Gasteiger partial charge in [0.25, 0.3) is 5.91 Å². The molecule has 5 heteroatoms. The van der Waals surface area contributed by atoms with Crippen molar-refractivity contribution in [3.8, 4) is 0 Å². The van der Waals surface area contributed by atoms with Gasteiger partial charge in [0.2, 0.25) is 0 Å². The summed E-state index contributed by atoms with van der Waals surface area (Å²) in [6, 6.07) is 11.1. The quantitative estimate of drug-likeness (QED) is 0.740. The minimum atomic E-state index is -0.823. The van der Waals surface area contributed by atoms with Crippen molar-refractivity contribution in [2.75, 3.05) is 13.1 Å². The van der Waals surface area contributed by atoms with Crippen LogP contribution in [-0.4, -0.2) is 28.9 Å². The van der Waals surface area contributed by atoms with Gasteiger partial charge in [-0.1, -0.05) is 24.3 Å². The van der Waals surface area contributed by atoms with Crippen molar-refractivity contribution in [2.45, 2.75) is 6.42 Å². The van der Waals surface area contributed by atoms with Crippen LogP contribution in [0.5, 0.6) is 0 Å². The molecule has 0 radical (unpaired) electrons. The van der Waals surface area contributed by atoms with Gasteiger partial charge in [0, 0.05) is 41.8 Å². The normalized spacial score (nSPS) is 14.6. The molecule has 0 unspecified atom stereocenters. The van der Waals surface area contributed by atoms with Gasteiger partial charge in [-0.15, -0.1) is 0 Å². The number of fused-ring (bicyclic) bond motifs is 1. The lowest BCUT2D eigenvalue weighted by atomic mass is 9.98. The van der Waals surface area contributed by atoms with E-state index in [4.69, 9.17) is 0 Å². The molecule has 0 saturated heterocycles. The Kier molecular flexibility index (Phi) is 3.84. The summed E-state index contributed by atoms with van der Waals surface area (Å²) in [5.41, 5.74) is 3.28. The highest BCUT2D eigenvalue weighted by Crippen LogP contribution is 2.29. The Balaban J connectivity index is 1.56. The van der Waals surface area contributed by atoms with Crippen molar-refractivity contribution in [2.24, 2.45) is 0 Å². The summed E-state index contributed by atoms with van der Waals surface area (Å²) in [4.78, 5) is 17.3. The molecule has 0 bridgehead atoms. The van der Waals surface area contributed by atoms with Gasteiger partial charge >= 0.3 is 0 Å². The lowest BCUT2D eigenvalue weighted by molar-refractivity contribution is 0.0768. The standard InChI is InChI=1S/C20H16F2N2O/c21-14-5-6-16(18(22)11-14)20(25)24-9-7-13(8-10-24)17-12-23-19-4-2-1-3-15(17)19/h1-7,11-12,23H,8-10H2. The first-order chi connectivity index (χ1) is 12.1. The molecule has 0 saturated carbocycles. The van der Waals surface area contributed by atoms with Crippen molar-refractivity contribution in [1.82, 2.24) is 9.88 Å². The maximum absolute atomic E-state index is 13.8. The Morgan fingerprint density at radius 1 is 1.12 bits per heavy atom. The number of H-pyrrole nitrogens is 1. The average molecular weight is 338 g/mol. The maximum Gasteiger partial charge on any atom is 0.257 e. The molecule has 1 aromatic heterocycles. The van der Waals surface area contributed by atoms with Crippen molar-refractivity contribution in [3.63, 3.8) is 0 Å². The number of nitrogens with zero attached hydrogens (tertiary/aromatic N) is 1. The van der Waals surface area contributed by atoms with Crippen molar-refractivity contribution >= 4 is 22.4 Å². The molecule has 1 aliphatic rings. The Bertz CT molecular complexity index is 990. The van der Waals surface area contributed by atoms with Crippen molar-refractivity contribution in [1.29, 1.82) is 0 Å². The van der Waals surface area contributed by atoms with E-state index >= 15 is 0 Å². The molecule has 1 N–H and O–H groups in total. The number of halogens is 2. The fraction of sp³-hybridized carbons (Fsp3) is 0.150. The van der Waals surface area contributed by atoms with Crippen LogP contribution in [0.1, 0.15) is 22.3 Å². The van der Waals surface area contributed by atoms with E-state index in [2.05, 4.69) is 11.1 Å². The summed E-state index contributed by atoms with van der Waals surface area (Å²) in [6.45, 7) is 0.908. The highest BCUT2D eigenvalue weighted by molar-refractivity contribution is 5.96. The lowest BCUT2D eigenvalue weighted by Gasteiger charge is -2.26. The minimum absolute atomic E-state index is 0.0923. The maximum atomic E-state index is 13.8. The summed E-state index contributed by atoms with van der Waals surface area (Å²) in [5.74, 6) is -1.92. The van der Waals surface area contributed by atoms with Crippen LogP contribution in [-0.2, 0) is 0 Å². The van der Waals surface area contributed by atoms with Gasteiger partial charge in [-0.3, -0.25) is 4.79 Å². The van der Waals surface area contributed by atoms with E-state index < -0.39 is 17.5 Å². The van der Waals surface area contributed by atoms with E-state index in [0.29, 0.717) is 19.5 Å². The number of carbonyl (C=O) groups is 1. The third-order valence-corrected chi connectivity index (χ3v) is 4.59. The predicted molar refractivity (Wildman–Crippen MR) is 93.2 cm³/mol. The Morgan fingerprint density at radius 3 is 2.72 bits per heavy atom. The van der Waals surface area contributed by atoms with Crippen LogP contribution in [0.4, 0.5) is 8.78 Å². The molecule has 0 fully saturated rings. The first kappa shape index (κ1) is 15.6. The number of hydrogen-bond acceptors (Lipinski definition) is 1. The number of aromatic nitrogens is 1. The van der Waals surface area contributed by atoms with Crippen LogP contribution in [0.2, 0.25) is 0 Å². The van der Waals surface area contributed by atoms with Gasteiger partial charge in [0.15, 0.2) is 0 Å². The second-order valence-electron chi connectivity index (χ2n) is 6.10. The minimum Gasteiger partial charge on any atom is -0.361 e. The Hall–Kier alpha value is -2.95. The SMILES string of the molecule is O=C(c1ccc(F)cc1F)N1CC=C(c2c[nH]c3ccccc23)CC1. The van der Waals surface area contributed by atoms with E-state index in [-0.39, 0.29) is 5.56 Å². The monoisotopic (exact) mass is 338 g/mol. The number of rotatable bonds is 2. The van der Waals surface area contributed by atoms with Gasteiger partial charge in [0.1, 0.15) is 11.6 Å². The zero-order valence-corrected chi connectivity index (χ0v) is 13.4.